The number of fused-ring (bicyclic) bond motifs is 1. The Kier molecular flexibility index (Phi) is 4.83. The molecule has 1 aromatic carbocycles. The number of anilines is 1. The molecule has 26 heavy (non-hydrogen) atoms. The van der Waals surface area contributed by atoms with Gasteiger partial charge in [0.2, 0.25) is 0 Å². The van der Waals surface area contributed by atoms with E-state index in [4.69, 9.17) is 4.74 Å². The van der Waals surface area contributed by atoms with Crippen molar-refractivity contribution in [2.24, 2.45) is 0 Å². The summed E-state index contributed by atoms with van der Waals surface area (Å²) in [7, 11) is 0. The Morgan fingerprint density at radius 3 is 2.81 bits per heavy atom. The highest BCUT2D eigenvalue weighted by atomic mass is 19.1. The number of nitrogens with zero attached hydrogens (tertiary/aromatic N) is 4. The van der Waals surface area contributed by atoms with Crippen molar-refractivity contribution < 1.29 is 23.1 Å². The standard InChI is InChI=1S/C16H13F2N5O3/c1-2-13-10(6-19-16-20-8-21-23(13)16)15(25)26-7-14(24)22-12-4-3-9(17)5-11(12)18/h3-6,8H,2,7H2,1H3,(H,22,24). The minimum absolute atomic E-state index is 0.145. The monoisotopic (exact) mass is 361 g/mol. The van der Waals surface area contributed by atoms with Crippen molar-refractivity contribution in [1.29, 1.82) is 0 Å². The highest BCUT2D eigenvalue weighted by Gasteiger charge is 2.18. The van der Waals surface area contributed by atoms with Crippen molar-refractivity contribution in [1.82, 2.24) is 19.6 Å². The maximum Gasteiger partial charge on any atom is 0.342 e. The van der Waals surface area contributed by atoms with Crippen LogP contribution in [-0.4, -0.2) is 38.1 Å². The number of esters is 1. The van der Waals surface area contributed by atoms with E-state index in [0.29, 0.717) is 24.0 Å². The summed E-state index contributed by atoms with van der Waals surface area (Å²) < 4.78 is 32.7. The number of amides is 1. The van der Waals surface area contributed by atoms with Gasteiger partial charge in [0, 0.05) is 12.3 Å². The van der Waals surface area contributed by atoms with Crippen LogP contribution in [0.1, 0.15) is 23.0 Å². The highest BCUT2D eigenvalue weighted by molar-refractivity contribution is 5.96. The molecule has 0 saturated carbocycles. The molecule has 10 heteroatoms. The van der Waals surface area contributed by atoms with Crippen LogP contribution in [-0.2, 0) is 16.0 Å². The smallest absolute Gasteiger partial charge is 0.342 e. The van der Waals surface area contributed by atoms with Crippen LogP contribution in [0.25, 0.3) is 5.78 Å². The van der Waals surface area contributed by atoms with E-state index in [1.807, 2.05) is 6.92 Å². The number of hydrogen-bond acceptors (Lipinski definition) is 6. The van der Waals surface area contributed by atoms with Crippen LogP contribution in [0.5, 0.6) is 0 Å². The summed E-state index contributed by atoms with van der Waals surface area (Å²) in [5.41, 5.74) is 0.459. The molecular formula is C16H13F2N5O3. The second-order valence-electron chi connectivity index (χ2n) is 5.19. The number of aromatic nitrogens is 4. The number of carbonyl (C=O) groups is 2. The zero-order valence-electron chi connectivity index (χ0n) is 13.6. The fourth-order valence-corrected chi connectivity index (χ4v) is 2.32. The van der Waals surface area contributed by atoms with Crippen LogP contribution in [0, 0.1) is 11.6 Å². The molecule has 0 atom stereocenters. The molecule has 8 nitrogen and oxygen atoms in total. The molecule has 2 aromatic heterocycles. The molecule has 0 aliphatic carbocycles. The lowest BCUT2D eigenvalue weighted by molar-refractivity contribution is -0.119. The SMILES string of the molecule is CCc1c(C(=O)OCC(=O)Nc2ccc(F)cc2F)cnc2ncnn12. The molecular weight excluding hydrogens is 348 g/mol. The van der Waals surface area contributed by atoms with Gasteiger partial charge in [-0.1, -0.05) is 6.92 Å². The average molecular weight is 361 g/mol. The fourth-order valence-electron chi connectivity index (χ4n) is 2.32. The number of benzene rings is 1. The summed E-state index contributed by atoms with van der Waals surface area (Å²) in [5.74, 6) is -2.91. The molecule has 0 aliphatic rings. The fraction of sp³-hybridized carbons (Fsp3) is 0.188. The highest BCUT2D eigenvalue weighted by Crippen LogP contribution is 2.15. The van der Waals surface area contributed by atoms with E-state index >= 15 is 0 Å². The van der Waals surface area contributed by atoms with Gasteiger partial charge in [-0.15, -0.1) is 0 Å². The van der Waals surface area contributed by atoms with E-state index < -0.39 is 30.1 Å². The van der Waals surface area contributed by atoms with Crippen molar-refractivity contribution >= 4 is 23.3 Å². The predicted molar refractivity (Wildman–Crippen MR) is 85.4 cm³/mol. The number of hydrogen-bond donors (Lipinski definition) is 1. The van der Waals surface area contributed by atoms with Gasteiger partial charge in [0.05, 0.1) is 16.9 Å². The normalized spacial score (nSPS) is 10.7. The van der Waals surface area contributed by atoms with Crippen LogP contribution >= 0.6 is 0 Å². The van der Waals surface area contributed by atoms with E-state index in [1.54, 1.807) is 0 Å². The third-order valence-corrected chi connectivity index (χ3v) is 3.50. The number of halogens is 2. The molecule has 3 aromatic rings. The van der Waals surface area contributed by atoms with Crippen LogP contribution in [0.15, 0.2) is 30.7 Å². The third-order valence-electron chi connectivity index (χ3n) is 3.50. The van der Waals surface area contributed by atoms with Crippen LogP contribution < -0.4 is 5.32 Å². The molecule has 134 valence electrons. The number of nitrogens with one attached hydrogen (secondary N) is 1. The Balaban J connectivity index is 1.68. The maximum atomic E-state index is 13.5. The maximum absolute atomic E-state index is 13.5. The zero-order valence-corrected chi connectivity index (χ0v) is 13.6. The summed E-state index contributed by atoms with van der Waals surface area (Å²) in [6.07, 6.45) is 3.06. The minimum Gasteiger partial charge on any atom is -0.452 e. The van der Waals surface area contributed by atoms with Crippen molar-refractivity contribution in [3.63, 3.8) is 0 Å². The lowest BCUT2D eigenvalue weighted by Crippen LogP contribution is -2.22. The van der Waals surface area contributed by atoms with Gasteiger partial charge in [-0.2, -0.15) is 10.1 Å². The van der Waals surface area contributed by atoms with Crippen molar-refractivity contribution in [3.05, 3.63) is 53.6 Å². The molecule has 0 bridgehead atoms. The summed E-state index contributed by atoms with van der Waals surface area (Å²) in [5, 5.41) is 6.18. The quantitative estimate of drug-likeness (QED) is 0.696. The third kappa shape index (κ3) is 3.48. The first kappa shape index (κ1) is 17.4. The first-order chi connectivity index (χ1) is 12.5. The van der Waals surface area contributed by atoms with Crippen molar-refractivity contribution in [3.8, 4) is 0 Å². The first-order valence-electron chi connectivity index (χ1n) is 7.59. The van der Waals surface area contributed by atoms with Gasteiger partial charge in [0.25, 0.3) is 11.7 Å². The number of aryl methyl sites for hydroxylation is 1. The van der Waals surface area contributed by atoms with E-state index in [0.717, 1.165) is 12.1 Å². The molecule has 3 rings (SSSR count). The topological polar surface area (TPSA) is 98.5 Å². The van der Waals surface area contributed by atoms with Gasteiger partial charge in [0.15, 0.2) is 6.61 Å². The van der Waals surface area contributed by atoms with Gasteiger partial charge < -0.3 is 10.1 Å². The van der Waals surface area contributed by atoms with Crippen LogP contribution in [0.4, 0.5) is 14.5 Å². The number of rotatable bonds is 5. The first-order valence-corrected chi connectivity index (χ1v) is 7.59. The molecule has 2 heterocycles. The van der Waals surface area contributed by atoms with Gasteiger partial charge >= 0.3 is 5.97 Å². The molecule has 1 amide bonds. The lowest BCUT2D eigenvalue weighted by Gasteiger charge is -2.10. The summed E-state index contributed by atoms with van der Waals surface area (Å²) in [4.78, 5) is 32.0. The van der Waals surface area contributed by atoms with Gasteiger partial charge in [-0.05, 0) is 18.6 Å². The van der Waals surface area contributed by atoms with Gasteiger partial charge in [-0.25, -0.2) is 23.1 Å². The van der Waals surface area contributed by atoms with E-state index in [2.05, 4.69) is 20.4 Å². The minimum atomic E-state index is -0.932. The summed E-state index contributed by atoms with van der Waals surface area (Å²) in [6.45, 7) is 1.17. The van der Waals surface area contributed by atoms with Gasteiger partial charge in [-0.3, -0.25) is 4.79 Å². The van der Waals surface area contributed by atoms with E-state index in [9.17, 15) is 18.4 Å². The van der Waals surface area contributed by atoms with Crippen LogP contribution in [0.3, 0.4) is 0 Å². The van der Waals surface area contributed by atoms with Crippen LogP contribution in [0.2, 0.25) is 0 Å². The molecule has 1 N–H and O–H groups in total. The number of ether oxygens (including phenoxy) is 1. The second-order valence-corrected chi connectivity index (χ2v) is 5.19. The molecule has 0 spiro atoms. The molecule has 0 unspecified atom stereocenters. The predicted octanol–water partition coefficient (Wildman–Crippen LogP) is 1.76. The molecule has 0 fully saturated rings. The molecule has 0 aliphatic heterocycles. The second kappa shape index (κ2) is 7.21. The molecule has 0 radical (unpaired) electrons. The summed E-state index contributed by atoms with van der Waals surface area (Å²) in [6, 6.07) is 2.70. The van der Waals surface area contributed by atoms with Gasteiger partial charge in [0.1, 0.15) is 18.0 Å². The Hall–Kier alpha value is -3.43. The van der Waals surface area contributed by atoms with Crippen molar-refractivity contribution in [2.45, 2.75) is 13.3 Å². The Morgan fingerprint density at radius 1 is 1.27 bits per heavy atom. The van der Waals surface area contributed by atoms with E-state index in [-0.39, 0.29) is 11.3 Å². The zero-order chi connectivity index (χ0) is 18.7. The molecule has 0 saturated heterocycles. The Labute approximate surface area is 145 Å². The van der Waals surface area contributed by atoms with E-state index in [1.165, 1.54) is 17.0 Å². The lowest BCUT2D eigenvalue weighted by atomic mass is 10.2. The summed E-state index contributed by atoms with van der Waals surface area (Å²) >= 11 is 0. The Morgan fingerprint density at radius 2 is 2.08 bits per heavy atom. The average Bonchev–Trinajstić information content (AvgIpc) is 3.10. The van der Waals surface area contributed by atoms with Crippen molar-refractivity contribution in [2.75, 3.05) is 11.9 Å². The number of carbonyl (C=O) groups excluding carboxylic acids is 2. The Bertz CT molecular complexity index is 989. The largest absolute Gasteiger partial charge is 0.452 e.